The topological polar surface area (TPSA) is 77.0 Å². The summed E-state index contributed by atoms with van der Waals surface area (Å²) < 4.78 is 2.00. The molecule has 1 aliphatic rings. The highest BCUT2D eigenvalue weighted by Crippen LogP contribution is 2.30. The molecule has 0 bridgehead atoms. The molecule has 3 aromatic rings. The number of aromatic nitrogens is 3. The molecule has 3 heterocycles. The van der Waals surface area contributed by atoms with Gasteiger partial charge in [-0.15, -0.1) is 36.2 Å². The molecule has 4 rings (SSSR count). The van der Waals surface area contributed by atoms with Gasteiger partial charge in [0.15, 0.2) is 5.82 Å². The molecule has 2 N–H and O–H groups in total. The van der Waals surface area contributed by atoms with E-state index in [1.807, 2.05) is 46.2 Å². The predicted octanol–water partition coefficient (Wildman–Crippen LogP) is 2.87. The molecule has 1 aliphatic heterocycles. The molecule has 1 aromatic carbocycles. The minimum Gasteiger partial charge on any atom is -0.340 e. The van der Waals surface area contributed by atoms with E-state index < -0.39 is 0 Å². The predicted molar refractivity (Wildman–Crippen MR) is 109 cm³/mol. The lowest BCUT2D eigenvalue weighted by atomic mass is 10.3. The summed E-state index contributed by atoms with van der Waals surface area (Å²) in [5, 5.41) is 0. The third-order valence-electron chi connectivity index (χ3n) is 4.47. The van der Waals surface area contributed by atoms with E-state index in [2.05, 4.69) is 4.98 Å². The van der Waals surface area contributed by atoms with Crippen molar-refractivity contribution in [3.8, 4) is 10.7 Å². The number of nitrogens with two attached hydrogens (primary N) is 1. The third kappa shape index (κ3) is 3.71. The van der Waals surface area contributed by atoms with Gasteiger partial charge >= 0.3 is 0 Å². The smallest absolute Gasteiger partial charge is 0.242 e. The van der Waals surface area contributed by atoms with E-state index in [4.69, 9.17) is 10.7 Å². The first-order valence-electron chi connectivity index (χ1n) is 8.02. The van der Waals surface area contributed by atoms with E-state index in [1.165, 1.54) is 0 Å². The second-order valence-electron chi connectivity index (χ2n) is 6.17. The first-order valence-corrected chi connectivity index (χ1v) is 8.90. The van der Waals surface area contributed by atoms with Crippen LogP contribution >= 0.6 is 36.2 Å². The van der Waals surface area contributed by atoms with Crippen molar-refractivity contribution < 1.29 is 4.79 Å². The van der Waals surface area contributed by atoms with Crippen molar-refractivity contribution in [3.63, 3.8) is 0 Å². The molecule has 0 unspecified atom stereocenters. The van der Waals surface area contributed by atoms with Crippen molar-refractivity contribution in [3.05, 3.63) is 35.5 Å². The van der Waals surface area contributed by atoms with Gasteiger partial charge in [-0.1, -0.05) is 12.1 Å². The van der Waals surface area contributed by atoms with Crippen molar-refractivity contribution in [1.82, 2.24) is 19.4 Å². The van der Waals surface area contributed by atoms with Crippen LogP contribution in [0.15, 0.2) is 29.8 Å². The van der Waals surface area contributed by atoms with Crippen LogP contribution in [0.4, 0.5) is 0 Å². The number of hydrogen-bond acceptors (Lipinski definition) is 5. The van der Waals surface area contributed by atoms with Crippen LogP contribution in [-0.4, -0.2) is 44.5 Å². The van der Waals surface area contributed by atoms with E-state index >= 15 is 0 Å². The normalized spacial score (nSPS) is 16.4. The van der Waals surface area contributed by atoms with Crippen molar-refractivity contribution in [2.24, 2.45) is 5.73 Å². The largest absolute Gasteiger partial charge is 0.340 e. The van der Waals surface area contributed by atoms with Crippen molar-refractivity contribution in [2.45, 2.75) is 25.9 Å². The molecule has 9 heteroatoms. The van der Waals surface area contributed by atoms with Gasteiger partial charge in [0.05, 0.1) is 27.1 Å². The Balaban J connectivity index is 0.00000121. The van der Waals surface area contributed by atoms with E-state index in [0.29, 0.717) is 6.54 Å². The maximum atomic E-state index is 12.7. The summed E-state index contributed by atoms with van der Waals surface area (Å²) in [6, 6.07) is 8.01. The van der Waals surface area contributed by atoms with Gasteiger partial charge < -0.3 is 15.2 Å². The number of likely N-dealkylation sites (tertiary alicyclic amines) is 1. The molecule has 1 saturated heterocycles. The SMILES string of the molecule is Cc1ncsc1-c1nc2ccccc2n1CC(=O)N1CC[C@H](N)C1.Cl.Cl. The van der Waals surface area contributed by atoms with Crippen LogP contribution in [0, 0.1) is 6.92 Å². The maximum Gasteiger partial charge on any atom is 0.242 e. The quantitative estimate of drug-likeness (QED) is 0.715. The zero-order valence-electron chi connectivity index (χ0n) is 14.3. The Kier molecular flexibility index (Phi) is 6.63. The molecule has 6 nitrogen and oxygen atoms in total. The summed E-state index contributed by atoms with van der Waals surface area (Å²) in [6.45, 7) is 3.62. The lowest BCUT2D eigenvalue weighted by Crippen LogP contribution is -2.34. The zero-order chi connectivity index (χ0) is 16.7. The number of halogens is 2. The average molecular weight is 414 g/mol. The van der Waals surface area contributed by atoms with Gasteiger partial charge in [0.1, 0.15) is 6.54 Å². The molecule has 1 atom stereocenters. The van der Waals surface area contributed by atoms with Crippen LogP contribution in [0.25, 0.3) is 21.7 Å². The van der Waals surface area contributed by atoms with E-state index in [9.17, 15) is 4.79 Å². The van der Waals surface area contributed by atoms with Gasteiger partial charge in [-0.05, 0) is 25.5 Å². The fraction of sp³-hybridized carbons (Fsp3) is 0.353. The number of thiazole rings is 1. The van der Waals surface area contributed by atoms with Gasteiger partial charge in [0, 0.05) is 19.1 Å². The van der Waals surface area contributed by atoms with Gasteiger partial charge in [0.2, 0.25) is 5.91 Å². The molecule has 0 radical (unpaired) electrons. The highest BCUT2D eigenvalue weighted by molar-refractivity contribution is 7.13. The summed E-state index contributed by atoms with van der Waals surface area (Å²) >= 11 is 1.55. The second kappa shape index (κ2) is 8.35. The monoisotopic (exact) mass is 413 g/mol. The molecular formula is C17H21Cl2N5OS. The number of aryl methyl sites for hydroxylation is 1. The first-order chi connectivity index (χ1) is 11.6. The number of fused-ring (bicyclic) bond motifs is 1. The van der Waals surface area contributed by atoms with Crippen LogP contribution in [-0.2, 0) is 11.3 Å². The third-order valence-corrected chi connectivity index (χ3v) is 5.40. The Morgan fingerprint density at radius 1 is 1.35 bits per heavy atom. The summed E-state index contributed by atoms with van der Waals surface area (Å²) in [6.07, 6.45) is 0.872. The number of amides is 1. The van der Waals surface area contributed by atoms with Gasteiger partial charge in [-0.3, -0.25) is 4.79 Å². The fourth-order valence-electron chi connectivity index (χ4n) is 3.17. The Morgan fingerprint density at radius 3 is 2.77 bits per heavy atom. The van der Waals surface area contributed by atoms with Gasteiger partial charge in [-0.25, -0.2) is 9.97 Å². The number of hydrogen-bond donors (Lipinski definition) is 1. The molecule has 1 fully saturated rings. The Labute approximate surface area is 168 Å². The minimum absolute atomic E-state index is 0. The lowest BCUT2D eigenvalue weighted by molar-refractivity contribution is -0.130. The molecule has 0 aliphatic carbocycles. The van der Waals surface area contributed by atoms with Crippen molar-refractivity contribution in [2.75, 3.05) is 13.1 Å². The van der Waals surface area contributed by atoms with Crippen LogP contribution < -0.4 is 5.73 Å². The number of carbonyl (C=O) groups is 1. The summed E-state index contributed by atoms with van der Waals surface area (Å²) in [5.74, 6) is 0.905. The van der Waals surface area contributed by atoms with Gasteiger partial charge in [0.25, 0.3) is 0 Å². The Hall–Kier alpha value is -1.67. The van der Waals surface area contributed by atoms with E-state index in [0.717, 1.165) is 40.4 Å². The average Bonchev–Trinajstić information content (AvgIpc) is 3.27. The fourth-order valence-corrected chi connectivity index (χ4v) is 3.98. The number of carbonyl (C=O) groups excluding carboxylic acids is 1. The molecule has 0 saturated carbocycles. The van der Waals surface area contributed by atoms with Crippen LogP contribution in [0.3, 0.4) is 0 Å². The number of benzene rings is 1. The summed E-state index contributed by atoms with van der Waals surface area (Å²) in [5.41, 5.74) is 10.6. The minimum atomic E-state index is 0. The second-order valence-corrected chi connectivity index (χ2v) is 7.02. The molecule has 2 aromatic heterocycles. The van der Waals surface area contributed by atoms with E-state index in [1.54, 1.807) is 11.3 Å². The maximum absolute atomic E-state index is 12.7. The van der Waals surface area contributed by atoms with Crippen molar-refractivity contribution in [1.29, 1.82) is 0 Å². The van der Waals surface area contributed by atoms with E-state index in [-0.39, 0.29) is 43.3 Å². The van der Waals surface area contributed by atoms with Crippen LogP contribution in [0.5, 0.6) is 0 Å². The Morgan fingerprint density at radius 2 is 2.12 bits per heavy atom. The lowest BCUT2D eigenvalue weighted by Gasteiger charge is -2.17. The van der Waals surface area contributed by atoms with Crippen LogP contribution in [0.1, 0.15) is 12.1 Å². The molecule has 1 amide bonds. The first kappa shape index (κ1) is 20.6. The molecule has 140 valence electrons. The molecular weight excluding hydrogens is 393 g/mol. The summed E-state index contributed by atoms with van der Waals surface area (Å²) in [4.78, 5) is 24.7. The Bertz CT molecular complexity index is 910. The summed E-state index contributed by atoms with van der Waals surface area (Å²) in [7, 11) is 0. The number of imidazole rings is 1. The number of para-hydroxylation sites is 2. The molecule has 0 spiro atoms. The molecule has 26 heavy (non-hydrogen) atoms. The van der Waals surface area contributed by atoms with Crippen LogP contribution in [0.2, 0.25) is 0 Å². The van der Waals surface area contributed by atoms with Gasteiger partial charge in [-0.2, -0.15) is 0 Å². The zero-order valence-corrected chi connectivity index (χ0v) is 16.7. The highest BCUT2D eigenvalue weighted by atomic mass is 35.5. The number of nitrogens with zero attached hydrogens (tertiary/aromatic N) is 4. The standard InChI is InChI=1S/C17H19N5OS.2ClH/c1-11-16(24-10-19-11)17-20-13-4-2-3-5-14(13)22(17)9-15(23)21-7-6-12(18)8-21;;/h2-5,10,12H,6-9,18H2,1H3;2*1H/t12-;;/m0../s1. The number of rotatable bonds is 3. The highest BCUT2D eigenvalue weighted by Gasteiger charge is 2.25. The van der Waals surface area contributed by atoms with Crippen molar-refractivity contribution >= 4 is 53.1 Å².